The van der Waals surface area contributed by atoms with Crippen molar-refractivity contribution in [2.75, 3.05) is 5.75 Å². The number of hydrazone groups is 1. The molecule has 0 unspecified atom stereocenters. The average molecular weight is 497 g/mol. The van der Waals surface area contributed by atoms with Crippen LogP contribution < -0.4 is 11.0 Å². The highest BCUT2D eigenvalue weighted by Gasteiger charge is 2.14. The Morgan fingerprint density at radius 3 is 2.48 bits per heavy atom. The molecule has 0 fully saturated rings. The zero-order valence-electron chi connectivity index (χ0n) is 17.5. The van der Waals surface area contributed by atoms with Gasteiger partial charge in [-0.25, -0.2) is 10.4 Å². The molecule has 9 heteroatoms. The summed E-state index contributed by atoms with van der Waals surface area (Å²) in [5, 5.41) is 5.71. The van der Waals surface area contributed by atoms with Crippen molar-refractivity contribution >= 4 is 58.0 Å². The number of fused-ring (bicyclic) bond motifs is 1. The number of hydrogen-bond donors (Lipinski definition) is 1. The molecule has 0 bridgehead atoms. The summed E-state index contributed by atoms with van der Waals surface area (Å²) in [7, 11) is 0. The van der Waals surface area contributed by atoms with Crippen LogP contribution in [0, 0.1) is 6.92 Å². The Morgan fingerprint density at radius 1 is 1.06 bits per heavy atom. The van der Waals surface area contributed by atoms with Crippen molar-refractivity contribution in [1.29, 1.82) is 0 Å². The van der Waals surface area contributed by atoms with Gasteiger partial charge in [0.25, 0.3) is 11.5 Å². The molecule has 1 amide bonds. The van der Waals surface area contributed by atoms with Gasteiger partial charge in [0.15, 0.2) is 5.16 Å². The molecule has 3 aromatic carbocycles. The lowest BCUT2D eigenvalue weighted by molar-refractivity contribution is -0.118. The van der Waals surface area contributed by atoms with Crippen LogP contribution >= 0.6 is 35.0 Å². The Bertz CT molecular complexity index is 1400. The van der Waals surface area contributed by atoms with E-state index in [4.69, 9.17) is 23.2 Å². The van der Waals surface area contributed by atoms with E-state index in [1.165, 1.54) is 10.8 Å². The van der Waals surface area contributed by atoms with Gasteiger partial charge in [-0.05, 0) is 43.3 Å². The van der Waals surface area contributed by atoms with Crippen LogP contribution in [0.1, 0.15) is 11.1 Å². The maximum Gasteiger partial charge on any atom is 0.266 e. The van der Waals surface area contributed by atoms with Crippen LogP contribution in [0.4, 0.5) is 0 Å². The van der Waals surface area contributed by atoms with Crippen LogP contribution in [0.25, 0.3) is 16.6 Å². The summed E-state index contributed by atoms with van der Waals surface area (Å²) < 4.78 is 1.52. The van der Waals surface area contributed by atoms with Crippen LogP contribution in [-0.4, -0.2) is 27.4 Å². The first-order chi connectivity index (χ1) is 15.9. The van der Waals surface area contributed by atoms with E-state index in [2.05, 4.69) is 15.5 Å². The number of thioether (sulfide) groups is 1. The smallest absolute Gasteiger partial charge is 0.266 e. The number of aromatic nitrogens is 2. The number of carbonyl (C=O) groups is 1. The number of para-hydroxylation sites is 1. The van der Waals surface area contributed by atoms with E-state index in [1.54, 1.807) is 36.4 Å². The summed E-state index contributed by atoms with van der Waals surface area (Å²) in [5.74, 6) is -0.359. The Morgan fingerprint density at radius 2 is 1.76 bits per heavy atom. The second kappa shape index (κ2) is 10.2. The number of benzene rings is 3. The first-order valence-electron chi connectivity index (χ1n) is 9.91. The lowest BCUT2D eigenvalue weighted by Crippen LogP contribution is -2.24. The monoisotopic (exact) mass is 496 g/mol. The molecule has 33 heavy (non-hydrogen) atoms. The van der Waals surface area contributed by atoms with Crippen molar-refractivity contribution in [3.63, 3.8) is 0 Å². The third-order valence-electron chi connectivity index (χ3n) is 4.75. The van der Waals surface area contributed by atoms with Gasteiger partial charge in [0.05, 0.1) is 38.6 Å². The number of rotatable bonds is 6. The van der Waals surface area contributed by atoms with Crippen molar-refractivity contribution in [2.24, 2.45) is 5.10 Å². The van der Waals surface area contributed by atoms with Gasteiger partial charge in [0.1, 0.15) is 0 Å². The molecule has 0 aliphatic carbocycles. The Hall–Kier alpha value is -3.13. The Balaban J connectivity index is 1.57. The van der Waals surface area contributed by atoms with Crippen molar-refractivity contribution < 1.29 is 4.79 Å². The van der Waals surface area contributed by atoms with Gasteiger partial charge in [-0.2, -0.15) is 5.10 Å². The predicted molar refractivity (Wildman–Crippen MR) is 135 cm³/mol. The fourth-order valence-corrected chi connectivity index (χ4v) is 4.40. The summed E-state index contributed by atoms with van der Waals surface area (Å²) in [4.78, 5) is 30.3. The second-order valence-electron chi connectivity index (χ2n) is 7.10. The SMILES string of the molecule is Cc1ccc(-n2c(SCC(=O)NN=Cc3c(Cl)cccc3Cl)nc3ccccc3c2=O)cc1. The van der Waals surface area contributed by atoms with Crippen molar-refractivity contribution in [1.82, 2.24) is 15.0 Å². The molecular formula is C24H18Cl2N4O2S. The van der Waals surface area contributed by atoms with Gasteiger partial charge in [-0.15, -0.1) is 0 Å². The van der Waals surface area contributed by atoms with Gasteiger partial charge in [0, 0.05) is 5.56 Å². The number of aryl methyl sites for hydroxylation is 1. The Labute approximate surface area is 204 Å². The molecular weight excluding hydrogens is 479 g/mol. The number of nitrogens with one attached hydrogen (secondary N) is 1. The minimum atomic E-state index is -0.364. The maximum absolute atomic E-state index is 13.2. The van der Waals surface area contributed by atoms with Crippen molar-refractivity contribution in [3.8, 4) is 5.69 Å². The molecule has 0 radical (unpaired) electrons. The second-order valence-corrected chi connectivity index (χ2v) is 8.86. The van der Waals surface area contributed by atoms with Crippen LogP contribution in [0.3, 0.4) is 0 Å². The quantitative estimate of drug-likeness (QED) is 0.171. The van der Waals surface area contributed by atoms with E-state index in [9.17, 15) is 9.59 Å². The van der Waals surface area contributed by atoms with Crippen LogP contribution in [0.15, 0.2) is 81.8 Å². The highest BCUT2D eigenvalue weighted by molar-refractivity contribution is 7.99. The van der Waals surface area contributed by atoms with E-state index in [0.29, 0.717) is 37.4 Å². The highest BCUT2D eigenvalue weighted by Crippen LogP contribution is 2.23. The number of carbonyl (C=O) groups excluding carboxylic acids is 1. The third kappa shape index (κ3) is 5.27. The minimum Gasteiger partial charge on any atom is -0.272 e. The molecule has 0 saturated carbocycles. The molecule has 6 nitrogen and oxygen atoms in total. The number of nitrogens with zero attached hydrogens (tertiary/aromatic N) is 3. The average Bonchev–Trinajstić information content (AvgIpc) is 2.80. The first-order valence-corrected chi connectivity index (χ1v) is 11.7. The molecule has 166 valence electrons. The summed E-state index contributed by atoms with van der Waals surface area (Å²) >= 11 is 13.4. The minimum absolute atomic E-state index is 0.00420. The normalized spacial score (nSPS) is 11.2. The molecule has 4 rings (SSSR count). The summed E-state index contributed by atoms with van der Waals surface area (Å²) in [6.45, 7) is 1.97. The first kappa shape index (κ1) is 23.0. The fraction of sp³-hybridized carbons (Fsp3) is 0.0833. The summed E-state index contributed by atoms with van der Waals surface area (Å²) in [5.41, 5.74) is 5.09. The van der Waals surface area contributed by atoms with Crippen LogP contribution in [0.5, 0.6) is 0 Å². The predicted octanol–water partition coefficient (Wildman–Crippen LogP) is 5.24. The maximum atomic E-state index is 13.2. The van der Waals surface area contributed by atoms with Crippen LogP contribution in [-0.2, 0) is 4.79 Å². The van der Waals surface area contributed by atoms with Gasteiger partial charge in [-0.1, -0.05) is 70.9 Å². The fourth-order valence-electron chi connectivity index (χ4n) is 3.10. The number of hydrogen-bond acceptors (Lipinski definition) is 5. The molecule has 0 saturated heterocycles. The van der Waals surface area contributed by atoms with E-state index in [1.807, 2.05) is 37.3 Å². The largest absolute Gasteiger partial charge is 0.272 e. The topological polar surface area (TPSA) is 76.3 Å². The zero-order valence-corrected chi connectivity index (χ0v) is 19.8. The van der Waals surface area contributed by atoms with Crippen molar-refractivity contribution in [3.05, 3.63) is 98.3 Å². The van der Waals surface area contributed by atoms with Gasteiger partial charge < -0.3 is 0 Å². The number of halogens is 2. The lowest BCUT2D eigenvalue weighted by atomic mass is 10.2. The zero-order chi connectivity index (χ0) is 23.4. The van der Waals surface area contributed by atoms with Gasteiger partial charge in [0.2, 0.25) is 0 Å². The molecule has 0 spiro atoms. The van der Waals surface area contributed by atoms with E-state index >= 15 is 0 Å². The molecule has 0 atom stereocenters. The summed E-state index contributed by atoms with van der Waals surface area (Å²) in [6, 6.07) is 19.8. The van der Waals surface area contributed by atoms with Crippen LogP contribution in [0.2, 0.25) is 10.0 Å². The highest BCUT2D eigenvalue weighted by atomic mass is 35.5. The van der Waals surface area contributed by atoms with E-state index < -0.39 is 0 Å². The lowest BCUT2D eigenvalue weighted by Gasteiger charge is -2.13. The van der Waals surface area contributed by atoms with E-state index in [0.717, 1.165) is 17.3 Å². The molecule has 1 heterocycles. The molecule has 1 N–H and O–H groups in total. The standard InChI is InChI=1S/C24H18Cl2N4O2S/c1-15-9-11-16(12-10-15)30-23(32)17-5-2-3-8-21(17)28-24(30)33-14-22(31)29-27-13-18-19(25)6-4-7-20(18)26/h2-13H,14H2,1H3,(H,29,31). The molecule has 1 aromatic heterocycles. The Kier molecular flexibility index (Phi) is 7.13. The van der Waals surface area contributed by atoms with Gasteiger partial charge in [-0.3, -0.25) is 14.2 Å². The van der Waals surface area contributed by atoms with Gasteiger partial charge >= 0.3 is 0 Å². The number of amides is 1. The van der Waals surface area contributed by atoms with Crippen molar-refractivity contribution in [2.45, 2.75) is 12.1 Å². The molecule has 0 aliphatic rings. The third-order valence-corrected chi connectivity index (χ3v) is 6.35. The van der Waals surface area contributed by atoms with E-state index in [-0.39, 0.29) is 17.2 Å². The molecule has 4 aromatic rings. The summed E-state index contributed by atoms with van der Waals surface area (Å²) in [6.07, 6.45) is 1.39. The molecule has 0 aliphatic heterocycles.